The number of benzene rings is 2. The summed E-state index contributed by atoms with van der Waals surface area (Å²) in [4.78, 5) is 13.8. The van der Waals surface area contributed by atoms with Crippen LogP contribution in [0.4, 0.5) is 4.39 Å². The van der Waals surface area contributed by atoms with E-state index in [1.165, 1.54) is 24.3 Å². The highest BCUT2D eigenvalue weighted by Gasteiger charge is 2.11. The van der Waals surface area contributed by atoms with Gasteiger partial charge in [0.15, 0.2) is 0 Å². The van der Waals surface area contributed by atoms with Crippen LogP contribution in [0.1, 0.15) is 23.2 Å². The van der Waals surface area contributed by atoms with E-state index >= 15 is 0 Å². The molecular formula is C18H19ClFNO2. The molecule has 1 amide bonds. The lowest BCUT2D eigenvalue weighted by atomic mass is 10.2. The molecule has 0 bridgehead atoms. The van der Waals surface area contributed by atoms with Crippen molar-refractivity contribution in [1.82, 2.24) is 4.90 Å². The van der Waals surface area contributed by atoms with E-state index < -0.39 is 0 Å². The Morgan fingerprint density at radius 2 is 1.74 bits per heavy atom. The van der Waals surface area contributed by atoms with Crippen LogP contribution in [0.5, 0.6) is 5.75 Å². The maximum atomic E-state index is 12.9. The van der Waals surface area contributed by atoms with Crippen molar-refractivity contribution in [2.45, 2.75) is 12.8 Å². The first-order valence-electron chi connectivity index (χ1n) is 7.45. The van der Waals surface area contributed by atoms with Gasteiger partial charge in [-0.15, -0.1) is 0 Å². The lowest BCUT2D eigenvalue weighted by Gasteiger charge is -2.17. The predicted molar refractivity (Wildman–Crippen MR) is 89.5 cm³/mol. The van der Waals surface area contributed by atoms with Gasteiger partial charge in [-0.25, -0.2) is 4.39 Å². The maximum Gasteiger partial charge on any atom is 0.253 e. The van der Waals surface area contributed by atoms with Gasteiger partial charge in [-0.1, -0.05) is 11.6 Å². The fraction of sp³-hybridized carbons (Fsp3) is 0.278. The molecule has 0 atom stereocenters. The summed E-state index contributed by atoms with van der Waals surface area (Å²) in [6.07, 6.45) is 1.67. The Balaban J connectivity index is 1.68. The predicted octanol–water partition coefficient (Wildman–Crippen LogP) is 4.41. The normalized spacial score (nSPS) is 10.4. The average Bonchev–Trinajstić information content (AvgIpc) is 2.56. The minimum absolute atomic E-state index is 0.108. The second kappa shape index (κ2) is 8.53. The van der Waals surface area contributed by atoms with Gasteiger partial charge in [0.05, 0.1) is 6.61 Å². The van der Waals surface area contributed by atoms with Gasteiger partial charge in [0, 0.05) is 24.2 Å². The van der Waals surface area contributed by atoms with Crippen LogP contribution in [0.15, 0.2) is 48.5 Å². The molecule has 0 saturated carbocycles. The molecule has 0 heterocycles. The van der Waals surface area contributed by atoms with Crippen LogP contribution in [0.25, 0.3) is 0 Å². The van der Waals surface area contributed by atoms with Crippen LogP contribution in [-0.2, 0) is 0 Å². The Bertz CT molecular complexity index is 628. The van der Waals surface area contributed by atoms with Crippen molar-refractivity contribution in [2.24, 2.45) is 0 Å². The first-order valence-corrected chi connectivity index (χ1v) is 7.83. The number of hydrogen-bond acceptors (Lipinski definition) is 2. The molecule has 23 heavy (non-hydrogen) atoms. The summed E-state index contributed by atoms with van der Waals surface area (Å²) >= 11 is 5.81. The summed E-state index contributed by atoms with van der Waals surface area (Å²) in [5.74, 6) is 0.331. The summed E-state index contributed by atoms with van der Waals surface area (Å²) in [6, 6.07) is 12.8. The molecule has 2 aromatic carbocycles. The molecule has 0 saturated heterocycles. The third-order valence-electron chi connectivity index (χ3n) is 3.41. The van der Waals surface area contributed by atoms with Crippen molar-refractivity contribution in [3.05, 3.63) is 64.9 Å². The van der Waals surface area contributed by atoms with E-state index in [0.29, 0.717) is 23.7 Å². The second-order valence-electron chi connectivity index (χ2n) is 5.24. The monoisotopic (exact) mass is 335 g/mol. The zero-order valence-corrected chi connectivity index (χ0v) is 13.7. The van der Waals surface area contributed by atoms with E-state index in [1.807, 2.05) is 12.1 Å². The number of carbonyl (C=O) groups is 1. The smallest absolute Gasteiger partial charge is 0.253 e. The molecule has 0 aromatic heterocycles. The number of unbranched alkanes of at least 4 members (excludes halogenated alkanes) is 1. The number of ether oxygens (including phenoxy) is 1. The zero-order valence-electron chi connectivity index (χ0n) is 13.0. The quantitative estimate of drug-likeness (QED) is 0.701. The van der Waals surface area contributed by atoms with Gasteiger partial charge < -0.3 is 9.64 Å². The lowest BCUT2D eigenvalue weighted by Crippen LogP contribution is -2.27. The molecule has 0 aliphatic carbocycles. The summed E-state index contributed by atoms with van der Waals surface area (Å²) in [5.41, 5.74) is 0.492. The number of halogens is 2. The van der Waals surface area contributed by atoms with Crippen LogP contribution in [0.2, 0.25) is 5.02 Å². The zero-order chi connectivity index (χ0) is 16.7. The molecule has 0 fully saturated rings. The highest BCUT2D eigenvalue weighted by molar-refractivity contribution is 6.30. The number of rotatable bonds is 7. The summed E-state index contributed by atoms with van der Waals surface area (Å²) in [7, 11) is 1.74. The van der Waals surface area contributed by atoms with Gasteiger partial charge in [0.2, 0.25) is 0 Å². The van der Waals surface area contributed by atoms with Crippen molar-refractivity contribution in [2.75, 3.05) is 20.2 Å². The molecule has 3 nitrogen and oxygen atoms in total. The maximum absolute atomic E-state index is 12.9. The first kappa shape index (κ1) is 17.3. The molecule has 0 spiro atoms. The molecule has 0 N–H and O–H groups in total. The standard InChI is InChI=1S/C18H19ClFNO2/c1-21(18(22)14-4-8-16(20)9-5-14)12-2-3-13-23-17-10-6-15(19)7-11-17/h4-11H,2-3,12-13H2,1H3. The Labute approximate surface area is 140 Å². The summed E-state index contributed by atoms with van der Waals surface area (Å²) < 4.78 is 18.5. The fourth-order valence-corrected chi connectivity index (χ4v) is 2.21. The number of carbonyl (C=O) groups excluding carboxylic acids is 1. The number of hydrogen-bond donors (Lipinski definition) is 0. The fourth-order valence-electron chi connectivity index (χ4n) is 2.09. The van der Waals surface area contributed by atoms with Crippen molar-refractivity contribution in [1.29, 1.82) is 0 Å². The highest BCUT2D eigenvalue weighted by atomic mass is 35.5. The number of amides is 1. The summed E-state index contributed by atoms with van der Waals surface area (Å²) in [5, 5.41) is 0.679. The second-order valence-corrected chi connectivity index (χ2v) is 5.68. The molecule has 0 aliphatic rings. The lowest BCUT2D eigenvalue weighted by molar-refractivity contribution is 0.0791. The van der Waals surface area contributed by atoms with Crippen LogP contribution in [0.3, 0.4) is 0 Å². The van der Waals surface area contributed by atoms with E-state index in [9.17, 15) is 9.18 Å². The minimum atomic E-state index is -0.344. The van der Waals surface area contributed by atoms with Gasteiger partial charge >= 0.3 is 0 Å². The third-order valence-corrected chi connectivity index (χ3v) is 3.66. The third kappa shape index (κ3) is 5.57. The van der Waals surface area contributed by atoms with E-state index in [-0.39, 0.29) is 11.7 Å². The van der Waals surface area contributed by atoms with Gasteiger partial charge in [0.25, 0.3) is 5.91 Å². The van der Waals surface area contributed by atoms with Crippen LogP contribution >= 0.6 is 11.6 Å². The molecule has 5 heteroatoms. The van der Waals surface area contributed by atoms with Crippen molar-refractivity contribution < 1.29 is 13.9 Å². The topological polar surface area (TPSA) is 29.5 Å². The Morgan fingerprint density at radius 3 is 2.39 bits per heavy atom. The van der Waals surface area contributed by atoms with Crippen molar-refractivity contribution in [3.8, 4) is 5.75 Å². The van der Waals surface area contributed by atoms with Gasteiger partial charge in [-0.3, -0.25) is 4.79 Å². The highest BCUT2D eigenvalue weighted by Crippen LogP contribution is 2.15. The molecule has 0 aliphatic heterocycles. The van der Waals surface area contributed by atoms with E-state index in [4.69, 9.17) is 16.3 Å². The molecule has 2 aromatic rings. The molecule has 122 valence electrons. The molecular weight excluding hydrogens is 317 g/mol. The van der Waals surface area contributed by atoms with Crippen LogP contribution in [-0.4, -0.2) is 31.0 Å². The molecule has 2 rings (SSSR count). The van der Waals surface area contributed by atoms with Crippen molar-refractivity contribution in [3.63, 3.8) is 0 Å². The first-order chi connectivity index (χ1) is 11.1. The van der Waals surface area contributed by atoms with E-state index in [0.717, 1.165) is 18.6 Å². The Kier molecular flexibility index (Phi) is 6.41. The van der Waals surface area contributed by atoms with E-state index in [2.05, 4.69) is 0 Å². The molecule has 0 unspecified atom stereocenters. The summed E-state index contributed by atoms with van der Waals surface area (Å²) in [6.45, 7) is 1.21. The largest absolute Gasteiger partial charge is 0.494 e. The number of nitrogens with zero attached hydrogens (tertiary/aromatic N) is 1. The SMILES string of the molecule is CN(CCCCOc1ccc(Cl)cc1)C(=O)c1ccc(F)cc1. The Hall–Kier alpha value is -2.07. The van der Waals surface area contributed by atoms with Gasteiger partial charge in [0.1, 0.15) is 11.6 Å². The van der Waals surface area contributed by atoms with Gasteiger partial charge in [-0.05, 0) is 61.4 Å². The van der Waals surface area contributed by atoms with Crippen LogP contribution < -0.4 is 4.74 Å². The van der Waals surface area contributed by atoms with Crippen molar-refractivity contribution >= 4 is 17.5 Å². The average molecular weight is 336 g/mol. The van der Waals surface area contributed by atoms with Gasteiger partial charge in [-0.2, -0.15) is 0 Å². The Morgan fingerprint density at radius 1 is 1.09 bits per heavy atom. The van der Waals surface area contributed by atoms with E-state index in [1.54, 1.807) is 24.1 Å². The van der Waals surface area contributed by atoms with Crippen LogP contribution in [0, 0.1) is 5.82 Å². The molecule has 0 radical (unpaired) electrons. The minimum Gasteiger partial charge on any atom is -0.494 e.